The zero-order chi connectivity index (χ0) is 12.5. The maximum Gasteiger partial charge on any atom is 0.419 e. The van der Waals surface area contributed by atoms with E-state index in [9.17, 15) is 22.0 Å². The number of nitriles is 1. The van der Waals surface area contributed by atoms with Gasteiger partial charge in [0.25, 0.3) is 6.43 Å². The second-order valence-corrected chi connectivity index (χ2v) is 3.04. The van der Waals surface area contributed by atoms with Crippen LogP contribution in [-0.2, 0) is 6.18 Å². The summed E-state index contributed by atoms with van der Waals surface area (Å²) < 4.78 is 61.6. The molecule has 0 fully saturated rings. The molecule has 0 unspecified atom stereocenters. The Kier molecular flexibility index (Phi) is 3.33. The number of aromatic nitrogens is 1. The lowest BCUT2D eigenvalue weighted by Gasteiger charge is -2.12. The molecule has 1 aromatic heterocycles. The highest BCUT2D eigenvalue weighted by molar-refractivity contribution is 6.32. The van der Waals surface area contributed by atoms with Crippen molar-refractivity contribution < 1.29 is 22.0 Å². The standard InChI is InChI=1S/C8H2ClF5N2/c9-6-3(8(12,13)14)2-16-4(1-15)5(6)7(10)11/h2,7H. The van der Waals surface area contributed by atoms with Gasteiger partial charge in [-0.1, -0.05) is 11.6 Å². The van der Waals surface area contributed by atoms with Gasteiger partial charge in [-0.2, -0.15) is 18.4 Å². The van der Waals surface area contributed by atoms with Crippen LogP contribution in [0.2, 0.25) is 5.02 Å². The second kappa shape index (κ2) is 4.22. The van der Waals surface area contributed by atoms with Crippen LogP contribution in [0.5, 0.6) is 0 Å². The normalized spacial score (nSPS) is 11.6. The number of nitrogens with zero attached hydrogens (tertiary/aromatic N) is 2. The van der Waals surface area contributed by atoms with Gasteiger partial charge in [0.1, 0.15) is 6.07 Å². The van der Waals surface area contributed by atoms with Crippen molar-refractivity contribution in [3.8, 4) is 6.07 Å². The summed E-state index contributed by atoms with van der Waals surface area (Å²) in [7, 11) is 0. The van der Waals surface area contributed by atoms with E-state index in [1.165, 1.54) is 6.07 Å². The Balaban J connectivity index is 3.52. The number of rotatable bonds is 1. The van der Waals surface area contributed by atoms with E-state index in [4.69, 9.17) is 16.9 Å². The summed E-state index contributed by atoms with van der Waals surface area (Å²) in [4.78, 5) is 3.00. The molecule has 0 aliphatic heterocycles. The Morgan fingerprint density at radius 1 is 1.38 bits per heavy atom. The first-order valence-corrected chi connectivity index (χ1v) is 4.10. The smallest absolute Gasteiger partial charge is 0.244 e. The van der Waals surface area contributed by atoms with Crippen LogP contribution in [0.3, 0.4) is 0 Å². The number of halogens is 6. The van der Waals surface area contributed by atoms with Crippen molar-refractivity contribution in [2.24, 2.45) is 0 Å². The average molecular weight is 257 g/mol. The van der Waals surface area contributed by atoms with Gasteiger partial charge in [-0.15, -0.1) is 0 Å². The quantitative estimate of drug-likeness (QED) is 0.720. The fourth-order valence-corrected chi connectivity index (χ4v) is 1.32. The van der Waals surface area contributed by atoms with E-state index >= 15 is 0 Å². The summed E-state index contributed by atoms with van der Waals surface area (Å²) >= 11 is 5.18. The molecule has 1 rings (SSSR count). The predicted octanol–water partition coefficient (Wildman–Crippen LogP) is 3.56. The zero-order valence-electron chi connectivity index (χ0n) is 7.32. The highest BCUT2D eigenvalue weighted by Crippen LogP contribution is 2.39. The lowest BCUT2D eigenvalue weighted by Crippen LogP contribution is -2.10. The summed E-state index contributed by atoms with van der Waals surface area (Å²) in [5, 5.41) is 7.21. The molecule has 1 heterocycles. The first-order chi connectivity index (χ1) is 7.29. The average Bonchev–Trinajstić information content (AvgIpc) is 2.14. The first kappa shape index (κ1) is 12.6. The predicted molar refractivity (Wildman–Crippen MR) is 43.9 cm³/mol. The Morgan fingerprint density at radius 2 is 1.94 bits per heavy atom. The molecule has 0 saturated heterocycles. The molecule has 0 aromatic carbocycles. The molecule has 16 heavy (non-hydrogen) atoms. The van der Waals surface area contributed by atoms with Gasteiger partial charge in [0.05, 0.1) is 16.1 Å². The number of hydrogen-bond donors (Lipinski definition) is 0. The van der Waals surface area contributed by atoms with Crippen LogP contribution in [0.15, 0.2) is 6.20 Å². The minimum absolute atomic E-state index is 0.257. The summed E-state index contributed by atoms with van der Waals surface area (Å²) in [5.74, 6) is 0. The minimum atomic E-state index is -4.89. The highest BCUT2D eigenvalue weighted by atomic mass is 35.5. The van der Waals surface area contributed by atoms with Crippen molar-refractivity contribution in [2.75, 3.05) is 0 Å². The fourth-order valence-electron chi connectivity index (χ4n) is 0.990. The lowest BCUT2D eigenvalue weighted by molar-refractivity contribution is -0.137. The van der Waals surface area contributed by atoms with E-state index in [2.05, 4.69) is 4.98 Å². The van der Waals surface area contributed by atoms with Gasteiger partial charge >= 0.3 is 6.18 Å². The van der Waals surface area contributed by atoms with E-state index in [-0.39, 0.29) is 6.20 Å². The van der Waals surface area contributed by atoms with E-state index in [0.29, 0.717) is 0 Å². The van der Waals surface area contributed by atoms with Crippen molar-refractivity contribution >= 4 is 11.6 Å². The van der Waals surface area contributed by atoms with Gasteiger partial charge < -0.3 is 0 Å². The number of alkyl halides is 5. The van der Waals surface area contributed by atoms with E-state index in [1.807, 2.05) is 0 Å². The molecular weight excluding hydrogens is 255 g/mol. The van der Waals surface area contributed by atoms with Crippen molar-refractivity contribution in [3.05, 3.63) is 28.0 Å². The Hall–Kier alpha value is -1.42. The minimum Gasteiger partial charge on any atom is -0.244 e. The van der Waals surface area contributed by atoms with E-state index in [0.717, 1.165) is 0 Å². The molecule has 0 aliphatic rings. The van der Waals surface area contributed by atoms with Crippen LogP contribution >= 0.6 is 11.6 Å². The molecule has 0 bridgehead atoms. The molecule has 8 heteroatoms. The Labute approximate surface area is 91.3 Å². The van der Waals surface area contributed by atoms with E-state index < -0.39 is 34.4 Å². The second-order valence-electron chi connectivity index (χ2n) is 2.66. The van der Waals surface area contributed by atoms with E-state index in [1.54, 1.807) is 0 Å². The van der Waals surface area contributed by atoms with Crippen molar-refractivity contribution in [3.63, 3.8) is 0 Å². The van der Waals surface area contributed by atoms with Gasteiger partial charge in [-0.05, 0) is 0 Å². The third kappa shape index (κ3) is 2.22. The summed E-state index contributed by atoms with van der Waals surface area (Å²) in [6.45, 7) is 0. The maximum atomic E-state index is 12.4. The molecule has 0 saturated carbocycles. The van der Waals surface area contributed by atoms with Crippen LogP contribution in [0.25, 0.3) is 0 Å². The molecule has 0 aliphatic carbocycles. The SMILES string of the molecule is N#Cc1ncc(C(F)(F)F)c(Cl)c1C(F)F. The molecule has 0 amide bonds. The number of hydrogen-bond acceptors (Lipinski definition) is 2. The molecule has 0 atom stereocenters. The summed E-state index contributed by atoms with van der Waals surface area (Å²) in [5.41, 5.74) is -3.49. The van der Waals surface area contributed by atoms with Gasteiger partial charge in [0.2, 0.25) is 0 Å². The largest absolute Gasteiger partial charge is 0.419 e. The molecule has 0 N–H and O–H groups in total. The lowest BCUT2D eigenvalue weighted by atomic mass is 10.1. The third-order valence-corrected chi connectivity index (χ3v) is 2.09. The van der Waals surface area contributed by atoms with Crippen LogP contribution in [0, 0.1) is 11.3 Å². The first-order valence-electron chi connectivity index (χ1n) is 3.73. The Morgan fingerprint density at radius 3 is 2.31 bits per heavy atom. The molecule has 2 nitrogen and oxygen atoms in total. The monoisotopic (exact) mass is 256 g/mol. The Bertz CT molecular complexity index is 449. The van der Waals surface area contributed by atoms with Crippen molar-refractivity contribution in [2.45, 2.75) is 12.6 Å². The molecule has 0 radical (unpaired) electrons. The molecular formula is C8H2ClF5N2. The van der Waals surface area contributed by atoms with Gasteiger partial charge in [0.15, 0.2) is 5.69 Å². The molecule has 86 valence electrons. The maximum absolute atomic E-state index is 12.4. The van der Waals surface area contributed by atoms with Crippen LogP contribution < -0.4 is 0 Å². The zero-order valence-corrected chi connectivity index (χ0v) is 8.07. The van der Waals surface area contributed by atoms with Crippen molar-refractivity contribution in [1.29, 1.82) is 5.26 Å². The van der Waals surface area contributed by atoms with Gasteiger partial charge in [-0.25, -0.2) is 13.8 Å². The molecule has 1 aromatic rings. The fraction of sp³-hybridized carbons (Fsp3) is 0.250. The topological polar surface area (TPSA) is 36.7 Å². The number of pyridine rings is 1. The van der Waals surface area contributed by atoms with Gasteiger partial charge in [0, 0.05) is 6.20 Å². The van der Waals surface area contributed by atoms with Crippen molar-refractivity contribution in [1.82, 2.24) is 4.98 Å². The highest BCUT2D eigenvalue weighted by Gasteiger charge is 2.36. The van der Waals surface area contributed by atoms with Crippen LogP contribution in [0.4, 0.5) is 22.0 Å². The molecule has 0 spiro atoms. The van der Waals surface area contributed by atoms with Crippen LogP contribution in [0.1, 0.15) is 23.2 Å². The van der Waals surface area contributed by atoms with Gasteiger partial charge in [-0.3, -0.25) is 0 Å². The third-order valence-electron chi connectivity index (χ3n) is 1.68. The summed E-state index contributed by atoms with van der Waals surface area (Å²) in [6, 6.07) is 1.25. The summed E-state index contributed by atoms with van der Waals surface area (Å²) in [6.07, 6.45) is -7.92. The van der Waals surface area contributed by atoms with Crippen LogP contribution in [-0.4, -0.2) is 4.98 Å².